The van der Waals surface area contributed by atoms with Gasteiger partial charge in [0.1, 0.15) is 11.9 Å². The molecule has 3 aliphatic heterocycles. The lowest BCUT2D eigenvalue weighted by Crippen LogP contribution is -2.69. The molecule has 7 fully saturated rings. The van der Waals surface area contributed by atoms with E-state index in [-0.39, 0.29) is 41.0 Å². The Balaban J connectivity index is 0.990. The maximum absolute atomic E-state index is 15.9. The summed E-state index contributed by atoms with van der Waals surface area (Å²) in [6, 6.07) is 7.61. The van der Waals surface area contributed by atoms with Crippen LogP contribution in [-0.2, 0) is 38.4 Å². The third-order valence-corrected chi connectivity index (χ3v) is 23.6. The minimum absolute atomic E-state index is 0.0669. The zero-order valence-electron chi connectivity index (χ0n) is 44.6. The van der Waals surface area contributed by atoms with Gasteiger partial charge in [0.25, 0.3) is 0 Å². The molecule has 1 aromatic carbocycles. The van der Waals surface area contributed by atoms with E-state index in [1.165, 1.54) is 89.4 Å². The molecule has 0 radical (unpaired) electrons. The highest BCUT2D eigenvalue weighted by Gasteiger charge is 2.75. The summed E-state index contributed by atoms with van der Waals surface area (Å²) in [5.41, 5.74) is 8.44. The SMILES string of the molecule is CC1(C)OC1C(O)CC1(C)C2=C3C4Cn5cc(Cc6cc(C7CCCCC7)cc(C7CCOCC7)c6)c6[nH]cc(c65)CC1CC#CCC1(CCC5C(C)(CCC(=O)C5(C)C5CCCC5)C1C4O)C3(C)CC2=O. The second-order valence-electron chi connectivity index (χ2n) is 27.5. The van der Waals surface area contributed by atoms with Crippen molar-refractivity contribution in [3.63, 3.8) is 0 Å². The minimum atomic E-state index is -0.757. The Morgan fingerprint density at radius 3 is 2.29 bits per heavy atom. The molecule has 12 atom stereocenters. The molecule has 2 aromatic heterocycles. The van der Waals surface area contributed by atoms with Gasteiger partial charge in [-0.15, -0.1) is 11.8 Å². The normalized spacial score (nSPS) is 40.3. The van der Waals surface area contributed by atoms with Gasteiger partial charge in [-0.05, 0) is 164 Å². The summed E-state index contributed by atoms with van der Waals surface area (Å²) in [5.74, 6) is 9.48. The number of carbonyl (C=O) groups excluding carboxylic acids is 2. The van der Waals surface area contributed by atoms with E-state index in [0.29, 0.717) is 62.2 Å². The van der Waals surface area contributed by atoms with Gasteiger partial charge in [-0.25, -0.2) is 0 Å². The third-order valence-electron chi connectivity index (χ3n) is 23.6. The number of allylic oxidation sites excluding steroid dienone is 1. The Labute approximate surface area is 429 Å². The smallest absolute Gasteiger partial charge is 0.160 e. The van der Waals surface area contributed by atoms with Crippen LogP contribution in [0.15, 0.2) is 41.7 Å². The Kier molecular flexibility index (Phi) is 11.4. The van der Waals surface area contributed by atoms with Crippen LogP contribution in [0, 0.1) is 68.5 Å². The lowest BCUT2D eigenvalue weighted by atomic mass is 9.32. The van der Waals surface area contributed by atoms with E-state index >= 15 is 4.79 Å². The summed E-state index contributed by atoms with van der Waals surface area (Å²) in [4.78, 5) is 34.3. The number of hydrogen-bond acceptors (Lipinski definition) is 6. The van der Waals surface area contributed by atoms with Crippen molar-refractivity contribution < 1.29 is 29.3 Å². The van der Waals surface area contributed by atoms with Crippen molar-refractivity contribution in [1.29, 1.82) is 0 Å². The molecule has 10 aliphatic rings. The third kappa shape index (κ3) is 6.96. The maximum Gasteiger partial charge on any atom is 0.160 e. The molecule has 5 bridgehead atoms. The zero-order chi connectivity index (χ0) is 49.7. The number of Topliss-reactive ketones (excluding diaryl/α,β-unsaturated/α-hetero) is 2. The number of benzene rings is 1. The van der Waals surface area contributed by atoms with Crippen LogP contribution < -0.4 is 0 Å². The first-order valence-electron chi connectivity index (χ1n) is 29.2. The van der Waals surface area contributed by atoms with E-state index in [1.54, 1.807) is 0 Å². The summed E-state index contributed by atoms with van der Waals surface area (Å²) in [6.45, 7) is 15.9. The van der Waals surface area contributed by atoms with Crippen molar-refractivity contribution in [2.24, 2.45) is 56.7 Å². The van der Waals surface area contributed by atoms with Crippen molar-refractivity contribution in [3.05, 3.63) is 69.6 Å². The molecule has 13 rings (SSSR count). The van der Waals surface area contributed by atoms with Crippen LogP contribution in [0.3, 0.4) is 0 Å². The second kappa shape index (κ2) is 17.0. The van der Waals surface area contributed by atoms with Crippen LogP contribution in [0.2, 0.25) is 0 Å². The van der Waals surface area contributed by atoms with Gasteiger partial charge in [-0.2, -0.15) is 0 Å². The van der Waals surface area contributed by atoms with Crippen molar-refractivity contribution in [3.8, 4) is 11.8 Å². The van der Waals surface area contributed by atoms with Crippen molar-refractivity contribution in [2.45, 2.75) is 219 Å². The van der Waals surface area contributed by atoms with Gasteiger partial charge in [0.05, 0.1) is 28.8 Å². The molecular weight excluding hydrogens is 893 g/mol. The highest BCUT2D eigenvalue weighted by molar-refractivity contribution is 6.02. The van der Waals surface area contributed by atoms with Crippen molar-refractivity contribution >= 4 is 22.6 Å². The molecule has 72 heavy (non-hydrogen) atoms. The molecule has 8 heteroatoms. The fourth-order valence-corrected chi connectivity index (χ4v) is 19.9. The monoisotopic (exact) mass is 977 g/mol. The Bertz CT molecular complexity index is 2750. The first kappa shape index (κ1) is 48.2. The summed E-state index contributed by atoms with van der Waals surface area (Å²) >= 11 is 0. The van der Waals surface area contributed by atoms with Crippen LogP contribution in [0.1, 0.15) is 203 Å². The van der Waals surface area contributed by atoms with Crippen LogP contribution in [-0.4, -0.2) is 68.5 Å². The fourth-order valence-electron chi connectivity index (χ4n) is 19.9. The molecular formula is C64H84N2O6. The summed E-state index contributed by atoms with van der Waals surface area (Å²) in [6.07, 6.45) is 22.8. The van der Waals surface area contributed by atoms with Crippen LogP contribution in [0.4, 0.5) is 0 Å². The highest BCUT2D eigenvalue weighted by Crippen LogP contribution is 2.78. The largest absolute Gasteiger partial charge is 0.392 e. The number of nitrogens with zero attached hydrogens (tertiary/aromatic N) is 1. The number of H-pyrrole nitrogens is 1. The van der Waals surface area contributed by atoms with E-state index in [0.717, 1.165) is 76.6 Å². The number of fused-ring (bicyclic) bond motifs is 3. The molecule has 0 amide bonds. The first-order chi connectivity index (χ1) is 34.5. The van der Waals surface area contributed by atoms with Gasteiger partial charge >= 0.3 is 0 Å². The molecule has 5 heterocycles. The number of aliphatic hydroxyl groups is 2. The van der Waals surface area contributed by atoms with Gasteiger partial charge in [0.15, 0.2) is 5.78 Å². The molecule has 8 nitrogen and oxygen atoms in total. The topological polar surface area (TPSA) is 117 Å². The summed E-state index contributed by atoms with van der Waals surface area (Å²) in [5, 5.41) is 26.5. The molecule has 1 spiro atoms. The number of ether oxygens (including phenoxy) is 2. The molecule has 3 aromatic rings. The number of aromatic nitrogens is 2. The first-order valence-corrected chi connectivity index (χ1v) is 29.2. The van der Waals surface area contributed by atoms with Gasteiger partial charge in [-0.1, -0.05) is 78.0 Å². The van der Waals surface area contributed by atoms with E-state index in [2.05, 4.69) is 93.5 Å². The van der Waals surface area contributed by atoms with Gasteiger partial charge < -0.3 is 29.2 Å². The summed E-state index contributed by atoms with van der Waals surface area (Å²) in [7, 11) is 0. The molecule has 2 saturated heterocycles. The lowest BCUT2D eigenvalue weighted by molar-refractivity contribution is -0.231. The highest BCUT2D eigenvalue weighted by atomic mass is 16.6. The summed E-state index contributed by atoms with van der Waals surface area (Å²) < 4.78 is 14.6. The van der Waals surface area contributed by atoms with E-state index in [9.17, 15) is 15.0 Å². The van der Waals surface area contributed by atoms with Gasteiger partial charge in [-0.3, -0.25) is 9.59 Å². The number of hydrogen-bond donors (Lipinski definition) is 3. The van der Waals surface area contributed by atoms with Gasteiger partial charge in [0.2, 0.25) is 0 Å². The van der Waals surface area contributed by atoms with Crippen LogP contribution in [0.5, 0.6) is 0 Å². The zero-order valence-corrected chi connectivity index (χ0v) is 44.6. The fraction of sp³-hybridized carbons (Fsp3) is 0.719. The number of nitrogens with one attached hydrogen (secondary N) is 1. The quantitative estimate of drug-likeness (QED) is 0.153. The lowest BCUT2D eigenvalue weighted by Gasteiger charge is -2.71. The van der Waals surface area contributed by atoms with Crippen molar-refractivity contribution in [2.75, 3.05) is 13.2 Å². The Morgan fingerprint density at radius 2 is 1.57 bits per heavy atom. The number of rotatable bonds is 8. The van der Waals surface area contributed by atoms with E-state index in [4.69, 9.17) is 9.47 Å². The van der Waals surface area contributed by atoms with Gasteiger partial charge in [0, 0.05) is 92.0 Å². The van der Waals surface area contributed by atoms with E-state index in [1.807, 2.05) is 0 Å². The number of epoxide rings is 1. The standard InChI is InChI=1S/C64H84N2O6/c1-59(2)58(72-59)49(68)33-61(4)46-18-12-13-23-64-25-19-50-60(3,24-20-51(69)63(50,6)45-16-10-11-17-45)57(64)56(70)47(52-53(61)48(67)34-62(52,64)5)37-66-36-44(54-55(66)43(32-46)35-65-54)30-38-28-41(39-14-8-7-9-15-39)31-42(29-38)40-21-26-71-27-22-40/h28-29,31,35-36,39-40,45-47,49-50,56-58,65,68,70H,7-11,14-27,30,32-34,37H2,1-6H3. The number of carbonyl (C=O) groups is 2. The number of aromatic amines is 1. The van der Waals surface area contributed by atoms with Crippen LogP contribution in [0.25, 0.3) is 11.0 Å². The average molecular weight is 977 g/mol. The number of aliphatic hydroxyl groups excluding tert-OH is 2. The molecule has 5 saturated carbocycles. The Hall–Kier alpha value is -3.48. The predicted octanol–water partition coefficient (Wildman–Crippen LogP) is 12.3. The predicted molar refractivity (Wildman–Crippen MR) is 281 cm³/mol. The average Bonchev–Trinajstić information content (AvgIpc) is 3.91. The minimum Gasteiger partial charge on any atom is -0.392 e. The maximum atomic E-state index is 15.9. The van der Waals surface area contributed by atoms with Crippen molar-refractivity contribution in [1.82, 2.24) is 9.55 Å². The molecule has 386 valence electrons. The van der Waals surface area contributed by atoms with E-state index < -0.39 is 39.5 Å². The van der Waals surface area contributed by atoms with Crippen LogP contribution >= 0.6 is 0 Å². The molecule has 12 unspecified atom stereocenters. The Morgan fingerprint density at radius 1 is 0.861 bits per heavy atom. The molecule has 7 aliphatic carbocycles. The number of ketones is 2. The molecule has 3 N–H and O–H groups in total. The second-order valence-corrected chi connectivity index (χ2v) is 27.5.